The van der Waals surface area contributed by atoms with E-state index in [4.69, 9.17) is 0 Å². The average molecular weight is 243 g/mol. The van der Waals surface area contributed by atoms with Gasteiger partial charge in [0.05, 0.1) is 16.9 Å². The summed E-state index contributed by atoms with van der Waals surface area (Å²) in [6.45, 7) is 8.49. The molecule has 1 fully saturated rings. The van der Waals surface area contributed by atoms with E-state index in [1.165, 1.54) is 12.8 Å². The van der Waals surface area contributed by atoms with Crippen LogP contribution in [0.2, 0.25) is 0 Å². The predicted octanol–water partition coefficient (Wildman–Crippen LogP) is 3.56. The van der Waals surface area contributed by atoms with Gasteiger partial charge in [0.1, 0.15) is 6.07 Å². The van der Waals surface area contributed by atoms with Gasteiger partial charge in [-0.05, 0) is 44.6 Å². The van der Waals surface area contributed by atoms with Crippen molar-refractivity contribution in [3.8, 4) is 6.07 Å². The smallest absolute Gasteiger partial charge is 0.103 e. The molecular weight excluding hydrogens is 222 g/mol. The quantitative estimate of drug-likeness (QED) is 0.864. The van der Waals surface area contributed by atoms with E-state index < -0.39 is 0 Å². The van der Waals surface area contributed by atoms with Crippen molar-refractivity contribution < 1.29 is 0 Å². The summed E-state index contributed by atoms with van der Waals surface area (Å²) in [5.74, 6) is 0. The fraction of sp³-hybridized carbons (Fsp3) is 0.600. The maximum absolute atomic E-state index is 9.24. The van der Waals surface area contributed by atoms with E-state index in [0.717, 1.165) is 23.5 Å². The van der Waals surface area contributed by atoms with Crippen molar-refractivity contribution in [1.82, 2.24) is 4.98 Å². The Morgan fingerprint density at radius 2 is 2.17 bits per heavy atom. The molecule has 0 spiro atoms. The van der Waals surface area contributed by atoms with Crippen LogP contribution in [0.25, 0.3) is 0 Å². The number of aryl methyl sites for hydroxylation is 2. The van der Waals surface area contributed by atoms with Crippen molar-refractivity contribution in [3.05, 3.63) is 23.0 Å². The Morgan fingerprint density at radius 3 is 2.72 bits per heavy atom. The minimum atomic E-state index is 0.418. The zero-order valence-electron chi connectivity index (χ0n) is 11.7. The highest BCUT2D eigenvalue weighted by Gasteiger charge is 2.31. The molecule has 1 aromatic heterocycles. The van der Waals surface area contributed by atoms with Gasteiger partial charge in [0.25, 0.3) is 0 Å². The highest BCUT2D eigenvalue weighted by molar-refractivity contribution is 5.60. The predicted molar refractivity (Wildman–Crippen MR) is 73.5 cm³/mol. The molecule has 0 amide bonds. The van der Waals surface area contributed by atoms with Gasteiger partial charge < -0.3 is 5.32 Å². The Morgan fingerprint density at radius 1 is 1.44 bits per heavy atom. The topological polar surface area (TPSA) is 48.7 Å². The fourth-order valence-electron chi connectivity index (χ4n) is 2.86. The molecule has 3 nitrogen and oxygen atoms in total. The highest BCUT2D eigenvalue weighted by Crippen LogP contribution is 2.38. The normalized spacial score (nSPS) is 21.6. The van der Waals surface area contributed by atoms with Gasteiger partial charge in [-0.1, -0.05) is 13.8 Å². The third-order valence-corrected chi connectivity index (χ3v) is 3.77. The molecule has 1 aliphatic rings. The number of aromatic nitrogens is 1. The van der Waals surface area contributed by atoms with Gasteiger partial charge in [-0.25, -0.2) is 0 Å². The molecule has 2 rings (SSSR count). The van der Waals surface area contributed by atoms with Crippen molar-refractivity contribution in [2.45, 2.75) is 53.0 Å². The monoisotopic (exact) mass is 243 g/mol. The van der Waals surface area contributed by atoms with Gasteiger partial charge in [0.2, 0.25) is 0 Å². The lowest BCUT2D eigenvalue weighted by atomic mass is 9.92. The Balaban J connectivity index is 2.22. The molecule has 96 valence electrons. The molecule has 0 saturated heterocycles. The van der Waals surface area contributed by atoms with E-state index in [1.807, 2.05) is 19.9 Å². The van der Waals surface area contributed by atoms with Crippen LogP contribution in [-0.4, -0.2) is 11.0 Å². The third kappa shape index (κ3) is 2.64. The van der Waals surface area contributed by atoms with Gasteiger partial charge >= 0.3 is 0 Å². The van der Waals surface area contributed by atoms with Gasteiger partial charge in [-0.3, -0.25) is 4.98 Å². The molecule has 1 saturated carbocycles. The molecule has 0 aromatic carbocycles. The van der Waals surface area contributed by atoms with Crippen LogP contribution in [0.4, 0.5) is 5.69 Å². The van der Waals surface area contributed by atoms with Crippen molar-refractivity contribution in [2.24, 2.45) is 5.41 Å². The molecule has 1 unspecified atom stereocenters. The SMILES string of the molecule is Cc1cc(NC2CCC(C)(C)C2)c(C#N)c(C)n1. The van der Waals surface area contributed by atoms with E-state index in [2.05, 4.69) is 30.2 Å². The van der Waals surface area contributed by atoms with Crippen LogP contribution in [0.5, 0.6) is 0 Å². The first-order valence-corrected chi connectivity index (χ1v) is 6.56. The number of nitrogens with one attached hydrogen (secondary N) is 1. The van der Waals surface area contributed by atoms with E-state index in [0.29, 0.717) is 17.0 Å². The lowest BCUT2D eigenvalue weighted by Crippen LogP contribution is -2.18. The summed E-state index contributed by atoms with van der Waals surface area (Å²) in [4.78, 5) is 4.35. The molecule has 1 atom stereocenters. The van der Waals surface area contributed by atoms with E-state index in [9.17, 15) is 5.26 Å². The first kappa shape index (κ1) is 12.9. The molecule has 1 aromatic rings. The third-order valence-electron chi connectivity index (χ3n) is 3.77. The van der Waals surface area contributed by atoms with Crippen molar-refractivity contribution in [1.29, 1.82) is 5.26 Å². The first-order valence-electron chi connectivity index (χ1n) is 6.56. The fourth-order valence-corrected chi connectivity index (χ4v) is 2.86. The van der Waals surface area contributed by atoms with Crippen LogP contribution in [0.3, 0.4) is 0 Å². The molecule has 1 aliphatic carbocycles. The molecule has 1 N–H and O–H groups in total. The van der Waals surface area contributed by atoms with Crippen LogP contribution in [0.15, 0.2) is 6.07 Å². The van der Waals surface area contributed by atoms with Crippen molar-refractivity contribution in [2.75, 3.05) is 5.32 Å². The maximum Gasteiger partial charge on any atom is 0.103 e. The minimum absolute atomic E-state index is 0.418. The highest BCUT2D eigenvalue weighted by atomic mass is 14.9. The second-order valence-electron chi connectivity index (χ2n) is 6.13. The lowest BCUT2D eigenvalue weighted by molar-refractivity contribution is 0.378. The summed E-state index contributed by atoms with van der Waals surface area (Å²) in [6.07, 6.45) is 3.59. The van der Waals surface area contributed by atoms with Crippen LogP contribution in [0, 0.1) is 30.6 Å². The van der Waals surface area contributed by atoms with E-state index in [1.54, 1.807) is 0 Å². The Kier molecular flexibility index (Phi) is 3.30. The Bertz CT molecular complexity index is 497. The molecule has 18 heavy (non-hydrogen) atoms. The Labute approximate surface area is 109 Å². The van der Waals surface area contributed by atoms with Gasteiger partial charge in [0, 0.05) is 11.7 Å². The average Bonchev–Trinajstić information content (AvgIpc) is 2.57. The van der Waals surface area contributed by atoms with E-state index >= 15 is 0 Å². The summed E-state index contributed by atoms with van der Waals surface area (Å²) in [5, 5.41) is 12.8. The molecule has 1 heterocycles. The number of anilines is 1. The van der Waals surface area contributed by atoms with E-state index in [-0.39, 0.29) is 0 Å². The number of nitriles is 1. The van der Waals surface area contributed by atoms with Crippen LogP contribution < -0.4 is 5.32 Å². The molecule has 0 aliphatic heterocycles. The van der Waals surface area contributed by atoms with Crippen LogP contribution >= 0.6 is 0 Å². The molecular formula is C15H21N3. The van der Waals surface area contributed by atoms with Gasteiger partial charge in [0.15, 0.2) is 0 Å². The van der Waals surface area contributed by atoms with Crippen LogP contribution in [0.1, 0.15) is 50.1 Å². The van der Waals surface area contributed by atoms with Gasteiger partial charge in [-0.2, -0.15) is 5.26 Å². The summed E-state index contributed by atoms with van der Waals surface area (Å²) in [6, 6.07) is 4.72. The zero-order valence-corrected chi connectivity index (χ0v) is 11.7. The summed E-state index contributed by atoms with van der Waals surface area (Å²) < 4.78 is 0. The lowest BCUT2D eigenvalue weighted by Gasteiger charge is -2.19. The number of hydrogen-bond acceptors (Lipinski definition) is 3. The van der Waals surface area contributed by atoms with Crippen molar-refractivity contribution in [3.63, 3.8) is 0 Å². The number of nitrogens with zero attached hydrogens (tertiary/aromatic N) is 2. The van der Waals surface area contributed by atoms with Crippen molar-refractivity contribution >= 4 is 5.69 Å². The summed E-state index contributed by atoms with van der Waals surface area (Å²) in [7, 11) is 0. The maximum atomic E-state index is 9.24. The second-order valence-corrected chi connectivity index (χ2v) is 6.13. The molecule has 3 heteroatoms. The standard InChI is InChI=1S/C15H21N3/c1-10-7-14(13(9-16)11(2)17-10)18-12-5-6-15(3,4)8-12/h7,12H,5-6,8H2,1-4H3,(H,17,18). The first-order chi connectivity index (χ1) is 8.41. The molecule has 0 bridgehead atoms. The second kappa shape index (κ2) is 4.61. The Hall–Kier alpha value is -1.56. The minimum Gasteiger partial charge on any atom is -0.381 e. The summed E-state index contributed by atoms with van der Waals surface area (Å²) >= 11 is 0. The number of hydrogen-bond donors (Lipinski definition) is 1. The van der Waals surface area contributed by atoms with Gasteiger partial charge in [-0.15, -0.1) is 0 Å². The number of rotatable bonds is 2. The zero-order chi connectivity index (χ0) is 13.3. The number of pyridine rings is 1. The van der Waals surface area contributed by atoms with Crippen LogP contribution in [-0.2, 0) is 0 Å². The summed E-state index contributed by atoms with van der Waals surface area (Å²) in [5.41, 5.74) is 3.83. The largest absolute Gasteiger partial charge is 0.381 e. The molecule has 0 radical (unpaired) electrons.